The maximum atomic E-state index is 13.5. The number of benzene rings is 3. The lowest BCUT2D eigenvalue weighted by molar-refractivity contribution is -0.130. The van der Waals surface area contributed by atoms with Gasteiger partial charge in [-0.3, -0.25) is 14.4 Å². The Balaban J connectivity index is 1.62. The molecule has 2 N–H and O–H groups in total. The molecule has 0 saturated heterocycles. The van der Waals surface area contributed by atoms with E-state index >= 15 is 0 Å². The fourth-order valence-electron chi connectivity index (χ4n) is 4.09. The summed E-state index contributed by atoms with van der Waals surface area (Å²) in [6.45, 7) is 3.14. The van der Waals surface area contributed by atoms with Crippen LogP contribution in [0.3, 0.4) is 0 Å². The SMILES string of the molecule is CN1C(=O)[C@@H](NC(=O)C(C)(C)NC(=O)c2ccc(F)cc2)CN(c2cc(Cl)cc(Cl)c2)c2ccccc21. The Hall–Kier alpha value is -3.62. The van der Waals surface area contributed by atoms with Crippen molar-refractivity contribution in [3.05, 3.63) is 88.2 Å². The Morgan fingerprint density at radius 3 is 2.19 bits per heavy atom. The molecule has 0 unspecified atom stereocenters. The Bertz CT molecular complexity index is 1340. The van der Waals surface area contributed by atoms with Crippen molar-refractivity contribution in [2.75, 3.05) is 23.4 Å². The highest BCUT2D eigenvalue weighted by Crippen LogP contribution is 2.38. The molecule has 0 aliphatic carbocycles. The lowest BCUT2D eigenvalue weighted by atomic mass is 10.0. The van der Waals surface area contributed by atoms with Gasteiger partial charge >= 0.3 is 0 Å². The first-order valence-electron chi connectivity index (χ1n) is 11.5. The number of rotatable bonds is 5. The first kappa shape index (κ1) is 26.4. The van der Waals surface area contributed by atoms with E-state index in [1.165, 1.54) is 30.9 Å². The number of nitrogens with zero attached hydrogens (tertiary/aromatic N) is 2. The summed E-state index contributed by atoms with van der Waals surface area (Å²) >= 11 is 12.5. The molecule has 0 saturated carbocycles. The largest absolute Gasteiger partial charge is 0.341 e. The normalized spacial score (nSPS) is 15.6. The zero-order valence-corrected chi connectivity index (χ0v) is 21.9. The molecular formula is C27H25Cl2FN4O3. The van der Waals surface area contributed by atoms with Crippen LogP contribution in [0.5, 0.6) is 0 Å². The van der Waals surface area contributed by atoms with Gasteiger partial charge in [0.2, 0.25) is 5.91 Å². The van der Waals surface area contributed by atoms with E-state index in [-0.39, 0.29) is 18.0 Å². The van der Waals surface area contributed by atoms with Crippen LogP contribution in [0.4, 0.5) is 21.5 Å². The van der Waals surface area contributed by atoms with Crippen LogP contribution in [0, 0.1) is 5.82 Å². The van der Waals surface area contributed by atoms with Gasteiger partial charge in [-0.15, -0.1) is 0 Å². The topological polar surface area (TPSA) is 81.8 Å². The van der Waals surface area contributed by atoms with Gasteiger partial charge in [0.1, 0.15) is 17.4 Å². The van der Waals surface area contributed by atoms with Gasteiger partial charge in [-0.2, -0.15) is 0 Å². The predicted octanol–water partition coefficient (Wildman–Crippen LogP) is 4.94. The molecule has 0 bridgehead atoms. The number of nitrogens with one attached hydrogen (secondary N) is 2. The zero-order valence-electron chi connectivity index (χ0n) is 20.4. The molecule has 1 atom stereocenters. The number of carbonyl (C=O) groups is 3. The number of anilines is 3. The van der Waals surface area contributed by atoms with Crippen LogP contribution in [-0.2, 0) is 9.59 Å². The minimum Gasteiger partial charge on any atom is -0.341 e. The minimum atomic E-state index is -1.38. The zero-order chi connectivity index (χ0) is 26.9. The van der Waals surface area contributed by atoms with Gasteiger partial charge in [-0.05, 0) is 68.4 Å². The molecule has 0 aromatic heterocycles. The van der Waals surface area contributed by atoms with Gasteiger partial charge in [0, 0.05) is 28.3 Å². The Morgan fingerprint density at radius 1 is 0.973 bits per heavy atom. The van der Waals surface area contributed by atoms with Crippen LogP contribution in [-0.4, -0.2) is 42.9 Å². The summed E-state index contributed by atoms with van der Waals surface area (Å²) in [6.07, 6.45) is 0. The molecule has 0 spiro atoms. The van der Waals surface area contributed by atoms with Gasteiger partial charge in [-0.25, -0.2) is 4.39 Å². The third kappa shape index (κ3) is 5.70. The molecule has 3 aromatic carbocycles. The summed E-state index contributed by atoms with van der Waals surface area (Å²) in [7, 11) is 1.64. The fourth-order valence-corrected chi connectivity index (χ4v) is 4.60. The van der Waals surface area contributed by atoms with Crippen molar-refractivity contribution in [3.63, 3.8) is 0 Å². The molecule has 3 aromatic rings. The van der Waals surface area contributed by atoms with Gasteiger partial charge in [0.25, 0.3) is 11.8 Å². The number of hydrogen-bond acceptors (Lipinski definition) is 4. The van der Waals surface area contributed by atoms with Crippen molar-refractivity contribution in [1.29, 1.82) is 0 Å². The highest BCUT2D eigenvalue weighted by molar-refractivity contribution is 6.35. The second kappa shape index (κ2) is 10.4. The molecule has 7 nitrogen and oxygen atoms in total. The van der Waals surface area contributed by atoms with Gasteiger partial charge in [0.05, 0.1) is 17.9 Å². The molecular weight excluding hydrogens is 518 g/mol. The number of hydrogen-bond donors (Lipinski definition) is 2. The second-order valence-electron chi connectivity index (χ2n) is 9.24. The minimum absolute atomic E-state index is 0.0879. The summed E-state index contributed by atoms with van der Waals surface area (Å²) in [4.78, 5) is 42.8. The number of halogens is 3. The van der Waals surface area contributed by atoms with E-state index in [0.29, 0.717) is 21.4 Å². The van der Waals surface area contributed by atoms with Crippen molar-refractivity contribution in [3.8, 4) is 0 Å². The van der Waals surface area contributed by atoms with Gasteiger partial charge in [-0.1, -0.05) is 35.3 Å². The van der Waals surface area contributed by atoms with Crippen molar-refractivity contribution in [2.45, 2.75) is 25.4 Å². The third-order valence-electron chi connectivity index (χ3n) is 6.09. The van der Waals surface area contributed by atoms with E-state index in [1.807, 2.05) is 29.2 Å². The van der Waals surface area contributed by atoms with E-state index in [4.69, 9.17) is 23.2 Å². The highest BCUT2D eigenvalue weighted by Gasteiger charge is 2.37. The molecule has 1 aliphatic heterocycles. The van der Waals surface area contributed by atoms with E-state index in [2.05, 4.69) is 10.6 Å². The maximum Gasteiger partial charge on any atom is 0.252 e. The summed E-state index contributed by atoms with van der Waals surface area (Å²) in [6, 6.07) is 16.4. The maximum absolute atomic E-state index is 13.5. The monoisotopic (exact) mass is 542 g/mol. The van der Waals surface area contributed by atoms with Gasteiger partial charge in [0.15, 0.2) is 0 Å². The first-order chi connectivity index (χ1) is 17.5. The molecule has 192 valence electrons. The lowest BCUT2D eigenvalue weighted by Crippen LogP contribution is -2.60. The van der Waals surface area contributed by atoms with Crippen LogP contribution >= 0.6 is 23.2 Å². The summed E-state index contributed by atoms with van der Waals surface area (Å²) in [5.74, 6) is -1.93. The van der Waals surface area contributed by atoms with E-state index in [9.17, 15) is 18.8 Å². The van der Waals surface area contributed by atoms with Crippen molar-refractivity contribution in [2.24, 2.45) is 0 Å². The van der Waals surface area contributed by atoms with E-state index in [0.717, 1.165) is 17.8 Å². The number of carbonyl (C=O) groups excluding carboxylic acids is 3. The van der Waals surface area contributed by atoms with Gasteiger partial charge < -0.3 is 20.4 Å². The average molecular weight is 543 g/mol. The molecule has 0 radical (unpaired) electrons. The van der Waals surface area contributed by atoms with E-state index in [1.54, 1.807) is 25.2 Å². The smallest absolute Gasteiger partial charge is 0.252 e. The summed E-state index contributed by atoms with van der Waals surface area (Å²) in [5, 5.41) is 6.30. The molecule has 4 rings (SSSR count). The molecule has 1 aliphatic rings. The second-order valence-corrected chi connectivity index (χ2v) is 10.1. The molecule has 37 heavy (non-hydrogen) atoms. The van der Waals surface area contributed by atoms with Crippen molar-refractivity contribution in [1.82, 2.24) is 10.6 Å². The fraction of sp³-hybridized carbons (Fsp3) is 0.222. The standard InChI is InChI=1S/C27H25Cl2FN4O3/c1-27(2,32-24(35)16-8-10-19(30)11-9-16)26(37)31-21-15-34(20-13-17(28)12-18(29)14-20)23-7-5-4-6-22(23)33(3)25(21)36/h4-14,21H,15H2,1-3H3,(H,31,37)(H,32,35)/t21-/m0/s1. The molecule has 1 heterocycles. The summed E-state index contributed by atoms with van der Waals surface area (Å²) < 4.78 is 13.2. The number of amides is 3. The molecule has 0 fully saturated rings. The van der Waals surface area contributed by atoms with E-state index < -0.39 is 29.2 Å². The van der Waals surface area contributed by atoms with Crippen LogP contribution in [0.1, 0.15) is 24.2 Å². The van der Waals surface area contributed by atoms with Crippen LogP contribution in [0.2, 0.25) is 10.0 Å². The van der Waals surface area contributed by atoms with Crippen LogP contribution in [0.25, 0.3) is 0 Å². The third-order valence-corrected chi connectivity index (χ3v) is 6.53. The van der Waals surface area contributed by atoms with Crippen LogP contribution in [0.15, 0.2) is 66.7 Å². The Morgan fingerprint density at radius 2 is 1.57 bits per heavy atom. The quantitative estimate of drug-likeness (QED) is 0.478. The van der Waals surface area contributed by atoms with Crippen molar-refractivity contribution >= 4 is 58.0 Å². The first-order valence-corrected chi connectivity index (χ1v) is 12.2. The number of fused-ring (bicyclic) bond motifs is 1. The lowest BCUT2D eigenvalue weighted by Gasteiger charge is -2.30. The number of para-hydroxylation sites is 2. The van der Waals surface area contributed by atoms with Crippen molar-refractivity contribution < 1.29 is 18.8 Å². The average Bonchev–Trinajstić information content (AvgIpc) is 2.94. The van der Waals surface area contributed by atoms with Crippen LogP contribution < -0.4 is 20.4 Å². The molecule has 10 heteroatoms. The highest BCUT2D eigenvalue weighted by atomic mass is 35.5. The Labute approximate surface area is 224 Å². The molecule has 3 amide bonds. The summed E-state index contributed by atoms with van der Waals surface area (Å²) in [5.41, 5.74) is 0.845. The number of likely N-dealkylation sites (N-methyl/N-ethyl adjacent to an activating group) is 1. The predicted molar refractivity (Wildman–Crippen MR) is 143 cm³/mol. The Kier molecular flexibility index (Phi) is 7.43.